The highest BCUT2D eigenvalue weighted by Gasteiger charge is 2.07. The average Bonchev–Trinajstić information content (AvgIpc) is 2.56. The minimum absolute atomic E-state index is 0.0113. The first-order chi connectivity index (χ1) is 11.2. The number of hydrogen-bond donors (Lipinski definition) is 2. The summed E-state index contributed by atoms with van der Waals surface area (Å²) in [5.74, 6) is 0.782. The average molecular weight is 312 g/mol. The molecule has 0 aromatic heterocycles. The molecule has 1 unspecified atom stereocenters. The number of carbonyl (C=O) groups excluding carboxylic acids is 1. The molecule has 0 aliphatic heterocycles. The third kappa shape index (κ3) is 5.75. The number of nitrogens with two attached hydrogens (primary N) is 1. The molecule has 0 spiro atoms. The summed E-state index contributed by atoms with van der Waals surface area (Å²) < 4.78 is 5.80. The van der Waals surface area contributed by atoms with Crippen LogP contribution < -0.4 is 15.8 Å². The Bertz CT molecular complexity index is 612. The third-order valence-electron chi connectivity index (χ3n) is 3.48. The Morgan fingerprint density at radius 3 is 2.57 bits per heavy atom. The van der Waals surface area contributed by atoms with E-state index < -0.39 is 0 Å². The molecule has 2 aromatic carbocycles. The molecule has 0 aliphatic rings. The quantitative estimate of drug-likeness (QED) is 0.787. The maximum atomic E-state index is 11.7. The molecule has 3 N–H and O–H groups in total. The summed E-state index contributed by atoms with van der Waals surface area (Å²) in [5.41, 5.74) is 7.78. The van der Waals surface area contributed by atoms with E-state index in [4.69, 9.17) is 10.5 Å². The van der Waals surface area contributed by atoms with Crippen molar-refractivity contribution in [3.05, 3.63) is 54.6 Å². The van der Waals surface area contributed by atoms with Crippen molar-refractivity contribution in [2.75, 3.05) is 13.2 Å². The Hall–Kier alpha value is -2.33. The van der Waals surface area contributed by atoms with E-state index in [0.717, 1.165) is 23.3 Å². The molecule has 1 atom stereocenters. The van der Waals surface area contributed by atoms with Gasteiger partial charge >= 0.3 is 0 Å². The van der Waals surface area contributed by atoms with Gasteiger partial charge in [0.2, 0.25) is 5.91 Å². The lowest BCUT2D eigenvalue weighted by atomic mass is 10.1. The van der Waals surface area contributed by atoms with Crippen LogP contribution in [0.3, 0.4) is 0 Å². The van der Waals surface area contributed by atoms with Gasteiger partial charge in [0.1, 0.15) is 5.75 Å². The SMILES string of the molecule is CC(N)CCNC(=O)CCOc1ccccc1-c1ccccc1. The first kappa shape index (κ1) is 17.0. The van der Waals surface area contributed by atoms with Gasteiger partial charge in [0.05, 0.1) is 13.0 Å². The summed E-state index contributed by atoms with van der Waals surface area (Å²) in [6.07, 6.45) is 1.12. The van der Waals surface area contributed by atoms with Gasteiger partial charge in [-0.05, 0) is 25.0 Å². The van der Waals surface area contributed by atoms with Gasteiger partial charge in [-0.15, -0.1) is 0 Å². The van der Waals surface area contributed by atoms with Crippen molar-refractivity contribution in [2.45, 2.75) is 25.8 Å². The van der Waals surface area contributed by atoms with Crippen LogP contribution in [0, 0.1) is 0 Å². The van der Waals surface area contributed by atoms with Gasteiger partial charge in [0.15, 0.2) is 0 Å². The lowest BCUT2D eigenvalue weighted by molar-refractivity contribution is -0.121. The van der Waals surface area contributed by atoms with E-state index >= 15 is 0 Å². The van der Waals surface area contributed by atoms with Gasteiger partial charge in [-0.25, -0.2) is 0 Å². The van der Waals surface area contributed by atoms with Crippen molar-refractivity contribution >= 4 is 5.91 Å². The molecule has 1 amide bonds. The van der Waals surface area contributed by atoms with Crippen LogP contribution in [-0.4, -0.2) is 25.1 Å². The predicted octanol–water partition coefficient (Wildman–Crippen LogP) is 2.98. The fourth-order valence-electron chi connectivity index (χ4n) is 2.23. The van der Waals surface area contributed by atoms with Gasteiger partial charge < -0.3 is 15.8 Å². The summed E-state index contributed by atoms with van der Waals surface area (Å²) in [6.45, 7) is 2.89. The normalized spacial score (nSPS) is 11.7. The first-order valence-corrected chi connectivity index (χ1v) is 7.96. The van der Waals surface area contributed by atoms with Crippen molar-refractivity contribution in [3.63, 3.8) is 0 Å². The lowest BCUT2D eigenvalue weighted by Crippen LogP contribution is -2.29. The topological polar surface area (TPSA) is 64.3 Å². The Morgan fingerprint density at radius 1 is 1.13 bits per heavy atom. The van der Waals surface area contributed by atoms with Gasteiger partial charge in [-0.2, -0.15) is 0 Å². The van der Waals surface area contributed by atoms with E-state index in [9.17, 15) is 4.79 Å². The zero-order valence-corrected chi connectivity index (χ0v) is 13.5. The molecule has 4 nitrogen and oxygen atoms in total. The highest BCUT2D eigenvalue weighted by molar-refractivity contribution is 5.76. The Labute approximate surface area is 137 Å². The maximum Gasteiger partial charge on any atom is 0.223 e. The zero-order chi connectivity index (χ0) is 16.5. The monoisotopic (exact) mass is 312 g/mol. The number of para-hydroxylation sites is 1. The molecule has 4 heteroatoms. The summed E-state index contributed by atoms with van der Waals surface area (Å²) in [6, 6.07) is 18.0. The minimum atomic E-state index is -0.0113. The molecule has 2 aromatic rings. The predicted molar refractivity (Wildman–Crippen MR) is 93.3 cm³/mol. The standard InChI is InChI=1S/C19H24N2O2/c1-15(20)11-13-21-19(22)12-14-23-18-10-6-5-9-17(18)16-7-3-2-4-8-16/h2-10,15H,11-14,20H2,1H3,(H,21,22). The van der Waals surface area contributed by atoms with Gasteiger partial charge in [-0.1, -0.05) is 48.5 Å². The number of benzene rings is 2. The van der Waals surface area contributed by atoms with Crippen molar-refractivity contribution < 1.29 is 9.53 Å². The molecular weight excluding hydrogens is 288 g/mol. The highest BCUT2D eigenvalue weighted by Crippen LogP contribution is 2.29. The fraction of sp³-hybridized carbons (Fsp3) is 0.316. The highest BCUT2D eigenvalue weighted by atomic mass is 16.5. The first-order valence-electron chi connectivity index (χ1n) is 7.96. The molecule has 0 fully saturated rings. The van der Waals surface area contributed by atoms with Gasteiger partial charge in [-0.3, -0.25) is 4.79 Å². The summed E-state index contributed by atoms with van der Waals surface area (Å²) in [5, 5.41) is 2.85. The second kappa shape index (κ2) is 8.96. The molecule has 0 saturated heterocycles. The van der Waals surface area contributed by atoms with Crippen LogP contribution in [0.2, 0.25) is 0 Å². The molecule has 0 radical (unpaired) electrons. The largest absolute Gasteiger partial charge is 0.492 e. The number of ether oxygens (including phenoxy) is 1. The molecule has 122 valence electrons. The van der Waals surface area contributed by atoms with Crippen LogP contribution in [-0.2, 0) is 4.79 Å². The molecule has 0 heterocycles. The molecule has 0 aliphatic carbocycles. The van der Waals surface area contributed by atoms with E-state index in [2.05, 4.69) is 5.32 Å². The van der Waals surface area contributed by atoms with Crippen molar-refractivity contribution in [3.8, 4) is 16.9 Å². The minimum Gasteiger partial charge on any atom is -0.492 e. The lowest BCUT2D eigenvalue weighted by Gasteiger charge is -2.12. The van der Waals surface area contributed by atoms with Crippen molar-refractivity contribution in [1.82, 2.24) is 5.32 Å². The van der Waals surface area contributed by atoms with Crippen LogP contribution in [0.25, 0.3) is 11.1 Å². The summed E-state index contributed by atoms with van der Waals surface area (Å²) in [7, 11) is 0. The van der Waals surface area contributed by atoms with E-state index in [1.807, 2.05) is 61.5 Å². The van der Waals surface area contributed by atoms with Crippen LogP contribution in [0.15, 0.2) is 54.6 Å². The number of nitrogens with one attached hydrogen (secondary N) is 1. The second-order valence-corrected chi connectivity index (χ2v) is 5.58. The van der Waals surface area contributed by atoms with Crippen molar-refractivity contribution in [2.24, 2.45) is 5.73 Å². The summed E-state index contributed by atoms with van der Waals surface area (Å²) >= 11 is 0. The van der Waals surface area contributed by atoms with Crippen molar-refractivity contribution in [1.29, 1.82) is 0 Å². The Morgan fingerprint density at radius 2 is 1.83 bits per heavy atom. The van der Waals surface area contributed by atoms with E-state index in [1.165, 1.54) is 0 Å². The van der Waals surface area contributed by atoms with Crippen LogP contribution in [0.5, 0.6) is 5.75 Å². The molecule has 0 saturated carbocycles. The zero-order valence-electron chi connectivity index (χ0n) is 13.5. The molecular formula is C19H24N2O2. The Balaban J connectivity index is 1.86. The number of hydrogen-bond acceptors (Lipinski definition) is 3. The number of amides is 1. The summed E-state index contributed by atoms with van der Waals surface area (Å²) in [4.78, 5) is 11.7. The second-order valence-electron chi connectivity index (χ2n) is 5.58. The third-order valence-corrected chi connectivity index (χ3v) is 3.48. The number of carbonyl (C=O) groups is 1. The van der Waals surface area contributed by atoms with E-state index in [1.54, 1.807) is 0 Å². The van der Waals surface area contributed by atoms with Crippen LogP contribution in [0.1, 0.15) is 19.8 Å². The molecule has 23 heavy (non-hydrogen) atoms. The maximum absolute atomic E-state index is 11.7. The molecule has 0 bridgehead atoms. The fourth-order valence-corrected chi connectivity index (χ4v) is 2.23. The number of rotatable bonds is 8. The van der Waals surface area contributed by atoms with Gasteiger partial charge in [0.25, 0.3) is 0 Å². The van der Waals surface area contributed by atoms with Crippen LogP contribution in [0.4, 0.5) is 0 Å². The smallest absolute Gasteiger partial charge is 0.223 e. The van der Waals surface area contributed by atoms with E-state index in [-0.39, 0.29) is 11.9 Å². The van der Waals surface area contributed by atoms with E-state index in [0.29, 0.717) is 19.6 Å². The van der Waals surface area contributed by atoms with Crippen LogP contribution >= 0.6 is 0 Å². The molecule has 2 rings (SSSR count). The van der Waals surface area contributed by atoms with Gasteiger partial charge in [0, 0.05) is 18.2 Å². The Kier molecular flexibility index (Phi) is 6.63.